The van der Waals surface area contributed by atoms with Crippen LogP contribution in [0.5, 0.6) is 0 Å². The third-order valence-corrected chi connectivity index (χ3v) is 6.77. The van der Waals surface area contributed by atoms with Crippen molar-refractivity contribution in [1.29, 1.82) is 0 Å². The standard InChI is InChI=1S/C17H16BrF2N3O3S/c18-14-8-12(21-10-15(14)20)9-22-17(24)16-2-1-7-23(16)27(25,26)13-5-3-11(19)4-6-13/h3-6,8,10,16H,1-2,7,9H2,(H,22,24)/t16-/m0/s1. The second kappa shape index (κ2) is 7.99. The van der Waals surface area contributed by atoms with Gasteiger partial charge in [-0.05, 0) is 59.1 Å². The summed E-state index contributed by atoms with van der Waals surface area (Å²) in [6.07, 6.45) is 1.96. The lowest BCUT2D eigenvalue weighted by molar-refractivity contribution is -0.124. The number of sulfonamides is 1. The number of carbonyl (C=O) groups excluding carboxylic acids is 1. The maximum absolute atomic E-state index is 13.2. The van der Waals surface area contributed by atoms with Gasteiger partial charge in [-0.15, -0.1) is 0 Å². The summed E-state index contributed by atoms with van der Waals surface area (Å²) in [5.41, 5.74) is 0.433. The van der Waals surface area contributed by atoms with E-state index < -0.39 is 33.6 Å². The molecule has 2 aromatic rings. The summed E-state index contributed by atoms with van der Waals surface area (Å²) < 4.78 is 53.2. The lowest BCUT2D eigenvalue weighted by atomic mass is 10.2. The molecule has 0 saturated carbocycles. The van der Waals surface area contributed by atoms with Crippen molar-refractivity contribution in [1.82, 2.24) is 14.6 Å². The Bertz CT molecular complexity index is 954. The summed E-state index contributed by atoms with van der Waals surface area (Å²) in [5, 5.41) is 2.64. The molecule has 1 atom stereocenters. The summed E-state index contributed by atoms with van der Waals surface area (Å²) in [5.74, 6) is -1.51. The number of hydrogen-bond donors (Lipinski definition) is 1. The van der Waals surface area contributed by atoms with E-state index in [0.717, 1.165) is 22.6 Å². The van der Waals surface area contributed by atoms with Gasteiger partial charge in [0, 0.05) is 6.54 Å². The first-order valence-electron chi connectivity index (χ1n) is 8.14. The third-order valence-electron chi connectivity index (χ3n) is 4.24. The summed E-state index contributed by atoms with van der Waals surface area (Å²) in [6.45, 7) is 0.247. The minimum Gasteiger partial charge on any atom is -0.349 e. The Morgan fingerprint density at radius 1 is 1.30 bits per heavy atom. The van der Waals surface area contributed by atoms with Crippen molar-refractivity contribution in [2.75, 3.05) is 6.54 Å². The van der Waals surface area contributed by atoms with Crippen molar-refractivity contribution in [3.63, 3.8) is 0 Å². The number of aromatic nitrogens is 1. The highest BCUT2D eigenvalue weighted by Gasteiger charge is 2.39. The van der Waals surface area contributed by atoms with Gasteiger partial charge in [0.05, 0.1) is 27.8 Å². The molecular formula is C17H16BrF2N3O3S. The highest BCUT2D eigenvalue weighted by molar-refractivity contribution is 9.10. The van der Waals surface area contributed by atoms with Crippen LogP contribution in [-0.2, 0) is 21.4 Å². The van der Waals surface area contributed by atoms with Crippen LogP contribution in [0.15, 0.2) is 45.9 Å². The molecule has 0 spiro atoms. The average Bonchev–Trinajstić information content (AvgIpc) is 3.13. The summed E-state index contributed by atoms with van der Waals surface area (Å²) in [6, 6.07) is 5.07. The van der Waals surface area contributed by atoms with Crippen molar-refractivity contribution in [2.24, 2.45) is 0 Å². The molecular weight excluding hydrogens is 444 g/mol. The number of nitrogens with zero attached hydrogens (tertiary/aromatic N) is 2. The molecule has 1 aromatic carbocycles. The number of hydrogen-bond acceptors (Lipinski definition) is 4. The number of carbonyl (C=O) groups is 1. The third kappa shape index (κ3) is 4.33. The molecule has 0 bridgehead atoms. The molecule has 0 radical (unpaired) electrons. The molecule has 1 amide bonds. The molecule has 1 aromatic heterocycles. The quantitative estimate of drug-likeness (QED) is 0.744. The Hall–Kier alpha value is -1.91. The van der Waals surface area contributed by atoms with E-state index >= 15 is 0 Å². The second-order valence-electron chi connectivity index (χ2n) is 6.04. The van der Waals surface area contributed by atoms with Crippen LogP contribution in [0.3, 0.4) is 0 Å². The fraction of sp³-hybridized carbons (Fsp3) is 0.294. The molecule has 1 aliphatic rings. The topological polar surface area (TPSA) is 79.4 Å². The van der Waals surface area contributed by atoms with Crippen molar-refractivity contribution >= 4 is 31.9 Å². The molecule has 1 aliphatic heterocycles. The monoisotopic (exact) mass is 459 g/mol. The van der Waals surface area contributed by atoms with Crippen molar-refractivity contribution < 1.29 is 22.0 Å². The van der Waals surface area contributed by atoms with Gasteiger partial charge in [-0.25, -0.2) is 17.2 Å². The van der Waals surface area contributed by atoms with Crippen LogP contribution in [0, 0.1) is 11.6 Å². The van der Waals surface area contributed by atoms with Crippen molar-refractivity contribution in [2.45, 2.75) is 30.3 Å². The van der Waals surface area contributed by atoms with Crippen LogP contribution in [0.1, 0.15) is 18.5 Å². The van der Waals surface area contributed by atoms with Crippen molar-refractivity contribution in [3.05, 3.63) is 58.3 Å². The zero-order chi connectivity index (χ0) is 19.6. The number of nitrogens with one attached hydrogen (secondary N) is 1. The Kier molecular flexibility index (Phi) is 5.87. The van der Waals surface area contributed by atoms with E-state index in [-0.39, 0.29) is 22.5 Å². The van der Waals surface area contributed by atoms with Gasteiger partial charge < -0.3 is 5.32 Å². The van der Waals surface area contributed by atoms with E-state index in [2.05, 4.69) is 26.2 Å². The minimum atomic E-state index is -3.91. The van der Waals surface area contributed by atoms with Crippen LogP contribution in [0.2, 0.25) is 0 Å². The molecule has 6 nitrogen and oxygen atoms in total. The molecule has 1 fully saturated rings. The van der Waals surface area contributed by atoms with E-state index in [9.17, 15) is 22.0 Å². The Morgan fingerprint density at radius 3 is 2.67 bits per heavy atom. The van der Waals surface area contributed by atoms with E-state index in [0.29, 0.717) is 18.5 Å². The first-order valence-corrected chi connectivity index (χ1v) is 10.4. The normalized spacial score (nSPS) is 17.8. The molecule has 27 heavy (non-hydrogen) atoms. The van der Waals surface area contributed by atoms with E-state index in [1.165, 1.54) is 18.2 Å². The van der Waals surface area contributed by atoms with Gasteiger partial charge in [0.25, 0.3) is 0 Å². The van der Waals surface area contributed by atoms with Gasteiger partial charge in [0.1, 0.15) is 11.9 Å². The minimum absolute atomic E-state index is 0.0403. The molecule has 0 aliphatic carbocycles. The molecule has 144 valence electrons. The predicted octanol–water partition coefficient (Wildman–Crippen LogP) is 2.59. The number of benzene rings is 1. The highest BCUT2D eigenvalue weighted by atomic mass is 79.9. The van der Waals surface area contributed by atoms with Gasteiger partial charge >= 0.3 is 0 Å². The summed E-state index contributed by atoms with van der Waals surface area (Å²) >= 11 is 3.04. The van der Waals surface area contributed by atoms with Gasteiger partial charge in [-0.3, -0.25) is 9.78 Å². The molecule has 1 saturated heterocycles. The first-order chi connectivity index (χ1) is 12.8. The van der Waals surface area contributed by atoms with Crippen LogP contribution in [0.25, 0.3) is 0 Å². The highest BCUT2D eigenvalue weighted by Crippen LogP contribution is 2.26. The summed E-state index contributed by atoms with van der Waals surface area (Å²) in [4.78, 5) is 16.3. The second-order valence-corrected chi connectivity index (χ2v) is 8.78. The zero-order valence-electron chi connectivity index (χ0n) is 14.0. The maximum Gasteiger partial charge on any atom is 0.243 e. The molecule has 10 heteroatoms. The number of amides is 1. The van der Waals surface area contributed by atoms with Gasteiger partial charge in [0.2, 0.25) is 15.9 Å². The fourth-order valence-corrected chi connectivity index (χ4v) is 4.90. The van der Waals surface area contributed by atoms with E-state index in [4.69, 9.17) is 0 Å². The first kappa shape index (κ1) is 19.8. The molecule has 0 unspecified atom stereocenters. The largest absolute Gasteiger partial charge is 0.349 e. The maximum atomic E-state index is 13.2. The van der Waals surface area contributed by atoms with Crippen LogP contribution in [-0.4, -0.2) is 36.2 Å². The average molecular weight is 460 g/mol. The van der Waals surface area contributed by atoms with Gasteiger partial charge in [-0.1, -0.05) is 0 Å². The van der Waals surface area contributed by atoms with Crippen LogP contribution >= 0.6 is 15.9 Å². The van der Waals surface area contributed by atoms with Crippen LogP contribution in [0.4, 0.5) is 8.78 Å². The van der Waals surface area contributed by atoms with Gasteiger partial charge in [0.15, 0.2) is 5.82 Å². The zero-order valence-corrected chi connectivity index (χ0v) is 16.4. The molecule has 2 heterocycles. The Labute approximate surface area is 163 Å². The van der Waals surface area contributed by atoms with Gasteiger partial charge in [-0.2, -0.15) is 4.31 Å². The lowest BCUT2D eigenvalue weighted by Crippen LogP contribution is -2.45. The van der Waals surface area contributed by atoms with E-state index in [1.54, 1.807) is 0 Å². The van der Waals surface area contributed by atoms with Crippen molar-refractivity contribution in [3.8, 4) is 0 Å². The number of pyridine rings is 1. The van der Waals surface area contributed by atoms with Crippen LogP contribution < -0.4 is 5.32 Å². The Morgan fingerprint density at radius 2 is 2.00 bits per heavy atom. The number of halogens is 3. The SMILES string of the molecule is O=C(NCc1cc(Br)c(F)cn1)[C@@H]1CCCN1S(=O)(=O)c1ccc(F)cc1. The lowest BCUT2D eigenvalue weighted by Gasteiger charge is -2.23. The smallest absolute Gasteiger partial charge is 0.243 e. The Balaban J connectivity index is 1.72. The number of rotatable bonds is 5. The van der Waals surface area contributed by atoms with E-state index in [1.807, 2.05) is 0 Å². The molecule has 1 N–H and O–H groups in total. The fourth-order valence-electron chi connectivity index (χ4n) is 2.88. The summed E-state index contributed by atoms with van der Waals surface area (Å²) in [7, 11) is -3.91. The predicted molar refractivity (Wildman–Crippen MR) is 97.1 cm³/mol. The molecule has 3 rings (SSSR count).